The van der Waals surface area contributed by atoms with Gasteiger partial charge in [0.1, 0.15) is 5.52 Å². The molecule has 132 valence electrons. The Kier molecular flexibility index (Phi) is 4.53. The molecule has 1 aromatic heterocycles. The number of rotatable bonds is 5. The SMILES string of the molecule is CC(C)(C)NS(=O)(=O)c1ccccc1CNc1nc2ccccc2o1. The second-order valence-electron chi connectivity index (χ2n) is 6.80. The van der Waals surface area contributed by atoms with E-state index in [1.54, 1.807) is 24.3 Å². The standard InChI is InChI=1S/C18H21N3O3S/c1-18(2,3)21-25(22,23)16-11-7-4-8-13(16)12-19-17-20-14-9-5-6-10-15(14)24-17/h4-11,21H,12H2,1-3H3,(H,19,20). The van der Waals surface area contributed by atoms with E-state index in [1.165, 1.54) is 0 Å². The van der Waals surface area contributed by atoms with E-state index in [-0.39, 0.29) is 11.4 Å². The number of fused-ring (bicyclic) bond motifs is 1. The third-order valence-electron chi connectivity index (χ3n) is 3.43. The van der Waals surface area contributed by atoms with Crippen LogP contribution in [0.25, 0.3) is 11.1 Å². The van der Waals surface area contributed by atoms with E-state index in [0.717, 1.165) is 5.52 Å². The van der Waals surface area contributed by atoms with E-state index in [4.69, 9.17) is 4.42 Å². The zero-order chi connectivity index (χ0) is 18.1. The van der Waals surface area contributed by atoms with Crippen molar-refractivity contribution in [3.63, 3.8) is 0 Å². The number of benzene rings is 2. The van der Waals surface area contributed by atoms with Crippen LogP contribution in [-0.4, -0.2) is 18.9 Å². The van der Waals surface area contributed by atoms with Crippen molar-refractivity contribution in [2.24, 2.45) is 0 Å². The number of oxazole rings is 1. The summed E-state index contributed by atoms with van der Waals surface area (Å²) in [6, 6.07) is 14.7. The van der Waals surface area contributed by atoms with Gasteiger partial charge >= 0.3 is 0 Å². The molecule has 0 bridgehead atoms. The maximum atomic E-state index is 12.6. The van der Waals surface area contributed by atoms with Crippen molar-refractivity contribution < 1.29 is 12.8 Å². The Morgan fingerprint density at radius 3 is 2.44 bits per heavy atom. The molecule has 6 nitrogen and oxygen atoms in total. The fraction of sp³-hybridized carbons (Fsp3) is 0.278. The molecule has 0 amide bonds. The van der Waals surface area contributed by atoms with Gasteiger partial charge in [0, 0.05) is 12.1 Å². The molecular formula is C18H21N3O3S. The molecule has 3 rings (SSSR count). The van der Waals surface area contributed by atoms with Crippen LogP contribution in [0.4, 0.5) is 6.01 Å². The molecule has 2 aromatic carbocycles. The lowest BCUT2D eigenvalue weighted by Gasteiger charge is -2.21. The van der Waals surface area contributed by atoms with Crippen molar-refractivity contribution in [3.8, 4) is 0 Å². The monoisotopic (exact) mass is 359 g/mol. The Bertz CT molecular complexity index is 955. The third-order valence-corrected chi connectivity index (χ3v) is 5.29. The molecule has 1 heterocycles. The van der Waals surface area contributed by atoms with Crippen LogP contribution in [0.3, 0.4) is 0 Å². The number of aromatic nitrogens is 1. The lowest BCUT2D eigenvalue weighted by Crippen LogP contribution is -2.40. The van der Waals surface area contributed by atoms with Crippen LogP contribution in [0.2, 0.25) is 0 Å². The van der Waals surface area contributed by atoms with Gasteiger partial charge in [-0.2, -0.15) is 4.98 Å². The first-order valence-electron chi connectivity index (χ1n) is 7.96. The summed E-state index contributed by atoms with van der Waals surface area (Å²) in [4.78, 5) is 4.58. The molecule has 0 aliphatic heterocycles. The number of nitrogens with zero attached hydrogens (tertiary/aromatic N) is 1. The second-order valence-corrected chi connectivity index (χ2v) is 8.45. The van der Waals surface area contributed by atoms with Crippen LogP contribution in [-0.2, 0) is 16.6 Å². The fourth-order valence-electron chi connectivity index (χ4n) is 2.49. The first-order valence-corrected chi connectivity index (χ1v) is 9.44. The van der Waals surface area contributed by atoms with Crippen molar-refractivity contribution in [1.29, 1.82) is 0 Å². The first kappa shape index (κ1) is 17.4. The maximum absolute atomic E-state index is 12.6. The number of para-hydroxylation sites is 2. The summed E-state index contributed by atoms with van der Waals surface area (Å²) in [5.41, 5.74) is 1.52. The summed E-state index contributed by atoms with van der Waals surface area (Å²) in [5, 5.41) is 3.06. The van der Waals surface area contributed by atoms with Crippen molar-refractivity contribution >= 4 is 27.1 Å². The van der Waals surface area contributed by atoms with E-state index >= 15 is 0 Å². The summed E-state index contributed by atoms with van der Waals surface area (Å²) in [6.45, 7) is 5.71. The van der Waals surface area contributed by atoms with Crippen molar-refractivity contribution in [3.05, 3.63) is 54.1 Å². The summed E-state index contributed by atoms with van der Waals surface area (Å²) < 4.78 is 33.6. The molecule has 3 aromatic rings. The Morgan fingerprint density at radius 2 is 1.72 bits per heavy atom. The van der Waals surface area contributed by atoms with Crippen LogP contribution in [0, 0.1) is 0 Å². The highest BCUT2D eigenvalue weighted by molar-refractivity contribution is 7.89. The highest BCUT2D eigenvalue weighted by atomic mass is 32.2. The molecule has 0 atom stereocenters. The van der Waals surface area contributed by atoms with E-state index in [9.17, 15) is 8.42 Å². The molecule has 25 heavy (non-hydrogen) atoms. The van der Waals surface area contributed by atoms with Crippen LogP contribution in [0.5, 0.6) is 0 Å². The summed E-state index contributed by atoms with van der Waals surface area (Å²) in [6.07, 6.45) is 0. The summed E-state index contributed by atoms with van der Waals surface area (Å²) in [5.74, 6) is 0. The van der Waals surface area contributed by atoms with Gasteiger partial charge in [0.15, 0.2) is 5.58 Å². The van der Waals surface area contributed by atoms with Gasteiger partial charge < -0.3 is 9.73 Å². The molecule has 7 heteroatoms. The fourth-order valence-corrected chi connectivity index (χ4v) is 4.15. The average Bonchev–Trinajstić information content (AvgIpc) is 2.94. The van der Waals surface area contributed by atoms with E-state index in [1.807, 2.05) is 45.0 Å². The summed E-state index contributed by atoms with van der Waals surface area (Å²) >= 11 is 0. The molecule has 0 unspecified atom stereocenters. The first-order chi connectivity index (χ1) is 11.7. The third kappa shape index (κ3) is 4.18. The zero-order valence-electron chi connectivity index (χ0n) is 14.4. The second kappa shape index (κ2) is 6.50. The minimum Gasteiger partial charge on any atom is -0.424 e. The molecule has 2 N–H and O–H groups in total. The Labute approximate surface area is 147 Å². The molecule has 0 radical (unpaired) electrons. The van der Waals surface area contributed by atoms with E-state index in [2.05, 4.69) is 15.0 Å². The molecule has 0 saturated carbocycles. The predicted octanol–water partition coefficient (Wildman–Crippen LogP) is 3.52. The van der Waals surface area contributed by atoms with Crippen LogP contribution >= 0.6 is 0 Å². The normalized spacial score (nSPS) is 12.4. The Balaban J connectivity index is 1.83. The van der Waals surface area contributed by atoms with Gasteiger partial charge in [-0.15, -0.1) is 0 Å². The highest BCUT2D eigenvalue weighted by Crippen LogP contribution is 2.21. The van der Waals surface area contributed by atoms with E-state index in [0.29, 0.717) is 17.2 Å². The molecule has 0 spiro atoms. The van der Waals surface area contributed by atoms with Crippen LogP contribution < -0.4 is 10.0 Å². The molecule has 0 saturated heterocycles. The van der Waals surface area contributed by atoms with Gasteiger partial charge in [-0.05, 0) is 44.5 Å². The quantitative estimate of drug-likeness (QED) is 0.728. The smallest absolute Gasteiger partial charge is 0.295 e. The van der Waals surface area contributed by atoms with Gasteiger partial charge in [0.05, 0.1) is 4.90 Å². The summed E-state index contributed by atoms with van der Waals surface area (Å²) in [7, 11) is -3.62. The van der Waals surface area contributed by atoms with E-state index < -0.39 is 15.6 Å². The van der Waals surface area contributed by atoms with Crippen LogP contribution in [0.15, 0.2) is 57.8 Å². The number of anilines is 1. The van der Waals surface area contributed by atoms with Gasteiger partial charge in [0.2, 0.25) is 10.0 Å². The van der Waals surface area contributed by atoms with Gasteiger partial charge in [-0.25, -0.2) is 13.1 Å². The maximum Gasteiger partial charge on any atom is 0.295 e. The van der Waals surface area contributed by atoms with Gasteiger partial charge in [-0.1, -0.05) is 30.3 Å². The topological polar surface area (TPSA) is 84.2 Å². The average molecular weight is 359 g/mol. The number of sulfonamides is 1. The number of nitrogens with one attached hydrogen (secondary N) is 2. The lowest BCUT2D eigenvalue weighted by molar-refractivity contribution is 0.491. The van der Waals surface area contributed by atoms with Gasteiger partial charge in [0.25, 0.3) is 6.01 Å². The van der Waals surface area contributed by atoms with Crippen molar-refractivity contribution in [2.45, 2.75) is 37.8 Å². The predicted molar refractivity (Wildman–Crippen MR) is 97.9 cm³/mol. The Morgan fingerprint density at radius 1 is 1.04 bits per heavy atom. The molecule has 0 aliphatic rings. The van der Waals surface area contributed by atoms with Crippen molar-refractivity contribution in [2.75, 3.05) is 5.32 Å². The van der Waals surface area contributed by atoms with Crippen LogP contribution in [0.1, 0.15) is 26.3 Å². The Hall–Kier alpha value is -2.38. The number of hydrogen-bond donors (Lipinski definition) is 2. The van der Waals surface area contributed by atoms with Gasteiger partial charge in [-0.3, -0.25) is 0 Å². The minimum atomic E-state index is -3.62. The molecular weight excluding hydrogens is 338 g/mol. The minimum absolute atomic E-state index is 0.244. The lowest BCUT2D eigenvalue weighted by atomic mass is 10.1. The molecule has 0 fully saturated rings. The number of hydrogen-bond acceptors (Lipinski definition) is 5. The zero-order valence-corrected chi connectivity index (χ0v) is 15.2. The highest BCUT2D eigenvalue weighted by Gasteiger charge is 2.24. The van der Waals surface area contributed by atoms with Crippen molar-refractivity contribution in [1.82, 2.24) is 9.71 Å². The molecule has 0 aliphatic carbocycles. The largest absolute Gasteiger partial charge is 0.424 e.